The van der Waals surface area contributed by atoms with Crippen molar-refractivity contribution in [3.63, 3.8) is 0 Å². The molecule has 0 unspecified atom stereocenters. The van der Waals surface area contributed by atoms with Gasteiger partial charge in [0.2, 0.25) is 0 Å². The van der Waals surface area contributed by atoms with Gasteiger partial charge in [-0.1, -0.05) is 12.8 Å². The highest BCUT2D eigenvalue weighted by molar-refractivity contribution is 5.12. The van der Waals surface area contributed by atoms with Crippen LogP contribution in [0, 0.1) is 5.92 Å². The number of hydrogen-bond acceptors (Lipinski definition) is 3. The highest BCUT2D eigenvalue weighted by Crippen LogP contribution is 2.25. The topological polar surface area (TPSA) is 28.4 Å². The van der Waals surface area contributed by atoms with Gasteiger partial charge in [-0.2, -0.15) is 0 Å². The molecule has 0 aliphatic heterocycles. The third-order valence-corrected chi connectivity index (χ3v) is 3.56. The van der Waals surface area contributed by atoms with Crippen LogP contribution in [0.3, 0.4) is 0 Å². The minimum absolute atomic E-state index is 0.885. The summed E-state index contributed by atoms with van der Waals surface area (Å²) in [5.74, 6) is 1.99. The molecule has 1 aliphatic rings. The van der Waals surface area contributed by atoms with Crippen LogP contribution in [-0.4, -0.2) is 25.5 Å². The molecule has 0 bridgehead atoms. The van der Waals surface area contributed by atoms with Gasteiger partial charge in [-0.25, -0.2) is 0 Å². The maximum Gasteiger partial charge on any atom is 0.118 e. The van der Waals surface area contributed by atoms with E-state index in [1.807, 2.05) is 13.3 Å². The SMILES string of the molecule is CNCc1coc(CN(C)CC2CCCC2)c1. The van der Waals surface area contributed by atoms with E-state index in [0.29, 0.717) is 0 Å². The lowest BCUT2D eigenvalue weighted by atomic mass is 10.1. The van der Waals surface area contributed by atoms with Crippen LogP contribution in [0.1, 0.15) is 37.0 Å². The first-order valence-electron chi connectivity index (χ1n) is 6.67. The normalized spacial score (nSPS) is 17.1. The standard InChI is InChI=1S/C14H24N2O/c1-15-8-13-7-14(17-11-13)10-16(2)9-12-5-3-4-6-12/h7,11-12,15H,3-6,8-10H2,1-2H3. The number of nitrogens with one attached hydrogen (secondary N) is 1. The van der Waals surface area contributed by atoms with Crippen molar-refractivity contribution in [3.05, 3.63) is 23.7 Å². The molecule has 0 amide bonds. The summed E-state index contributed by atoms with van der Waals surface area (Å²) in [6, 6.07) is 2.15. The average molecular weight is 236 g/mol. The van der Waals surface area contributed by atoms with Crippen molar-refractivity contribution in [2.24, 2.45) is 5.92 Å². The van der Waals surface area contributed by atoms with Gasteiger partial charge in [-0.3, -0.25) is 4.90 Å². The lowest BCUT2D eigenvalue weighted by molar-refractivity contribution is 0.251. The molecule has 17 heavy (non-hydrogen) atoms. The van der Waals surface area contributed by atoms with Gasteiger partial charge < -0.3 is 9.73 Å². The number of nitrogens with zero attached hydrogens (tertiary/aromatic N) is 1. The van der Waals surface area contributed by atoms with Crippen LogP contribution >= 0.6 is 0 Å². The summed E-state index contributed by atoms with van der Waals surface area (Å²) in [5.41, 5.74) is 1.23. The van der Waals surface area contributed by atoms with E-state index in [2.05, 4.69) is 23.3 Å². The van der Waals surface area contributed by atoms with E-state index in [1.165, 1.54) is 37.8 Å². The first kappa shape index (κ1) is 12.7. The number of rotatable bonds is 6. The second-order valence-electron chi connectivity index (χ2n) is 5.30. The molecule has 1 heterocycles. The summed E-state index contributed by atoms with van der Waals surface area (Å²) >= 11 is 0. The Hall–Kier alpha value is -0.800. The fraction of sp³-hybridized carbons (Fsp3) is 0.714. The zero-order valence-corrected chi connectivity index (χ0v) is 11.0. The third-order valence-electron chi connectivity index (χ3n) is 3.56. The van der Waals surface area contributed by atoms with E-state index in [-0.39, 0.29) is 0 Å². The van der Waals surface area contributed by atoms with Crippen LogP contribution < -0.4 is 5.32 Å². The monoisotopic (exact) mass is 236 g/mol. The van der Waals surface area contributed by atoms with E-state index in [0.717, 1.165) is 24.8 Å². The third kappa shape index (κ3) is 3.86. The Labute approximate surface area is 104 Å². The summed E-state index contributed by atoms with van der Waals surface area (Å²) in [7, 11) is 4.15. The lowest BCUT2D eigenvalue weighted by Crippen LogP contribution is -2.23. The molecule has 3 heteroatoms. The Bertz CT molecular complexity index is 329. The molecular formula is C14H24N2O. The van der Waals surface area contributed by atoms with Crippen LogP contribution in [-0.2, 0) is 13.1 Å². The Morgan fingerprint density at radius 3 is 2.88 bits per heavy atom. The minimum Gasteiger partial charge on any atom is -0.468 e. The summed E-state index contributed by atoms with van der Waals surface area (Å²) < 4.78 is 5.57. The molecule has 0 spiro atoms. The maximum absolute atomic E-state index is 5.57. The Kier molecular flexibility index (Phi) is 4.63. The molecule has 1 N–H and O–H groups in total. The second kappa shape index (κ2) is 6.22. The molecule has 1 aromatic heterocycles. The predicted octanol–water partition coefficient (Wildman–Crippen LogP) is 2.62. The van der Waals surface area contributed by atoms with Gasteiger partial charge in [0, 0.05) is 18.7 Å². The van der Waals surface area contributed by atoms with Crippen molar-refractivity contribution in [1.82, 2.24) is 10.2 Å². The zero-order valence-electron chi connectivity index (χ0n) is 11.0. The van der Waals surface area contributed by atoms with Gasteiger partial charge in [0.1, 0.15) is 5.76 Å². The molecule has 0 aromatic carbocycles. The summed E-state index contributed by atoms with van der Waals surface area (Å²) in [6.07, 6.45) is 7.52. The molecule has 2 rings (SSSR count). The Morgan fingerprint density at radius 2 is 2.18 bits per heavy atom. The molecule has 0 saturated heterocycles. The Morgan fingerprint density at radius 1 is 1.41 bits per heavy atom. The average Bonchev–Trinajstić information content (AvgIpc) is 2.91. The van der Waals surface area contributed by atoms with Gasteiger partial charge >= 0.3 is 0 Å². The Balaban J connectivity index is 1.78. The van der Waals surface area contributed by atoms with E-state index in [9.17, 15) is 0 Å². The van der Waals surface area contributed by atoms with E-state index in [1.54, 1.807) is 0 Å². The largest absolute Gasteiger partial charge is 0.468 e. The first-order valence-corrected chi connectivity index (χ1v) is 6.67. The van der Waals surface area contributed by atoms with Crippen molar-refractivity contribution in [2.45, 2.75) is 38.8 Å². The molecule has 0 radical (unpaired) electrons. The molecule has 1 saturated carbocycles. The number of hydrogen-bond donors (Lipinski definition) is 1. The fourth-order valence-electron chi connectivity index (χ4n) is 2.77. The second-order valence-corrected chi connectivity index (χ2v) is 5.30. The molecule has 3 nitrogen and oxygen atoms in total. The van der Waals surface area contributed by atoms with Gasteiger partial charge in [0.25, 0.3) is 0 Å². The van der Waals surface area contributed by atoms with Crippen LogP contribution in [0.4, 0.5) is 0 Å². The minimum atomic E-state index is 0.885. The smallest absolute Gasteiger partial charge is 0.118 e. The van der Waals surface area contributed by atoms with Gasteiger partial charge in [-0.15, -0.1) is 0 Å². The fourth-order valence-corrected chi connectivity index (χ4v) is 2.77. The van der Waals surface area contributed by atoms with E-state index >= 15 is 0 Å². The highest BCUT2D eigenvalue weighted by Gasteiger charge is 2.17. The van der Waals surface area contributed by atoms with Gasteiger partial charge in [-0.05, 0) is 38.9 Å². The van der Waals surface area contributed by atoms with Crippen molar-refractivity contribution in [3.8, 4) is 0 Å². The summed E-state index contributed by atoms with van der Waals surface area (Å²) in [6.45, 7) is 3.03. The zero-order chi connectivity index (χ0) is 12.1. The number of furan rings is 1. The van der Waals surface area contributed by atoms with Crippen LogP contribution in [0.25, 0.3) is 0 Å². The molecule has 1 fully saturated rings. The maximum atomic E-state index is 5.57. The molecule has 0 atom stereocenters. The van der Waals surface area contributed by atoms with Crippen molar-refractivity contribution in [1.29, 1.82) is 0 Å². The van der Waals surface area contributed by atoms with Crippen molar-refractivity contribution in [2.75, 3.05) is 20.6 Å². The van der Waals surface area contributed by atoms with E-state index in [4.69, 9.17) is 4.42 Å². The molecule has 1 aromatic rings. The first-order chi connectivity index (χ1) is 8.28. The lowest BCUT2D eigenvalue weighted by Gasteiger charge is -2.19. The molecule has 1 aliphatic carbocycles. The molecular weight excluding hydrogens is 212 g/mol. The van der Waals surface area contributed by atoms with Crippen LogP contribution in [0.15, 0.2) is 16.7 Å². The van der Waals surface area contributed by atoms with Crippen LogP contribution in [0.5, 0.6) is 0 Å². The summed E-state index contributed by atoms with van der Waals surface area (Å²) in [5, 5.41) is 3.14. The van der Waals surface area contributed by atoms with Crippen molar-refractivity contribution >= 4 is 0 Å². The highest BCUT2D eigenvalue weighted by atomic mass is 16.3. The summed E-state index contributed by atoms with van der Waals surface area (Å²) in [4.78, 5) is 2.39. The van der Waals surface area contributed by atoms with E-state index < -0.39 is 0 Å². The van der Waals surface area contributed by atoms with Crippen molar-refractivity contribution < 1.29 is 4.42 Å². The van der Waals surface area contributed by atoms with Gasteiger partial charge in [0.05, 0.1) is 12.8 Å². The van der Waals surface area contributed by atoms with Crippen LogP contribution in [0.2, 0.25) is 0 Å². The quantitative estimate of drug-likeness (QED) is 0.823. The molecule has 96 valence electrons. The predicted molar refractivity (Wildman–Crippen MR) is 69.8 cm³/mol. The van der Waals surface area contributed by atoms with Gasteiger partial charge in [0.15, 0.2) is 0 Å².